The smallest absolute Gasteiger partial charge is 0.343 e. The van der Waals surface area contributed by atoms with Crippen LogP contribution in [0.2, 0.25) is 10.0 Å². The molecule has 0 spiro atoms. The topological polar surface area (TPSA) is 115 Å². The highest BCUT2D eigenvalue weighted by Crippen LogP contribution is 2.37. The summed E-state index contributed by atoms with van der Waals surface area (Å²) < 4.78 is 30.4. The number of benzene rings is 3. The first kappa shape index (κ1) is 36.2. The van der Waals surface area contributed by atoms with Crippen LogP contribution in [0.3, 0.4) is 0 Å². The molecule has 0 N–H and O–H groups in total. The van der Waals surface area contributed by atoms with Crippen LogP contribution < -0.4 is 29.1 Å². The lowest BCUT2D eigenvalue weighted by molar-refractivity contribution is -0.143. The van der Waals surface area contributed by atoms with E-state index >= 15 is 0 Å². The molecule has 0 fully saturated rings. The van der Waals surface area contributed by atoms with Crippen LogP contribution in [0, 0.1) is 0 Å². The fourth-order valence-corrected chi connectivity index (χ4v) is 6.97. The minimum absolute atomic E-state index is 0.121. The highest BCUT2D eigenvalue weighted by atomic mass is 79.9. The number of methoxy groups -OCH3 is 1. The summed E-state index contributed by atoms with van der Waals surface area (Å²) in [5, 5.41) is 0.635. The van der Waals surface area contributed by atoms with Gasteiger partial charge in [-0.2, -0.15) is 0 Å². The second-order valence-corrected chi connectivity index (χ2v) is 13.3. The second-order valence-electron chi connectivity index (χ2n) is 10.5. The van der Waals surface area contributed by atoms with Gasteiger partial charge in [0.05, 0.1) is 47.2 Å². The van der Waals surface area contributed by atoms with Crippen molar-refractivity contribution in [2.24, 2.45) is 4.99 Å². The zero-order chi connectivity index (χ0) is 35.2. The Balaban J connectivity index is 1.64. The molecule has 1 atom stereocenters. The van der Waals surface area contributed by atoms with Crippen molar-refractivity contribution in [2.75, 3.05) is 26.9 Å². The number of esters is 2. The molecule has 1 aliphatic heterocycles. The van der Waals surface area contributed by atoms with Gasteiger partial charge in [0.1, 0.15) is 12.4 Å². The van der Waals surface area contributed by atoms with E-state index in [1.54, 1.807) is 57.2 Å². The third-order valence-corrected chi connectivity index (χ3v) is 9.30. The molecule has 256 valence electrons. The Morgan fingerprint density at radius 2 is 1.76 bits per heavy atom. The lowest BCUT2D eigenvalue weighted by Crippen LogP contribution is -2.40. The van der Waals surface area contributed by atoms with E-state index in [-0.39, 0.29) is 42.8 Å². The summed E-state index contributed by atoms with van der Waals surface area (Å²) in [6, 6.07) is 14.9. The molecule has 49 heavy (non-hydrogen) atoms. The zero-order valence-electron chi connectivity index (χ0n) is 26.9. The van der Waals surface area contributed by atoms with E-state index in [0.717, 1.165) is 21.4 Å². The van der Waals surface area contributed by atoms with Gasteiger partial charge in [-0.1, -0.05) is 68.7 Å². The van der Waals surface area contributed by atoms with Gasteiger partial charge in [-0.05, 0) is 74.4 Å². The minimum Gasteiger partial charge on any atom is -0.490 e. The number of nitrogens with zero attached hydrogens (tertiary/aromatic N) is 2. The Bertz CT molecular complexity index is 2110. The normalized spacial score (nSPS) is 14.2. The van der Waals surface area contributed by atoms with E-state index in [9.17, 15) is 14.4 Å². The Kier molecular flexibility index (Phi) is 11.9. The summed E-state index contributed by atoms with van der Waals surface area (Å²) in [5.74, 6) is -0.231. The van der Waals surface area contributed by atoms with Crippen LogP contribution in [0.4, 0.5) is 0 Å². The molecule has 1 aromatic heterocycles. The number of rotatable bonds is 12. The zero-order valence-corrected chi connectivity index (χ0v) is 30.8. The van der Waals surface area contributed by atoms with Crippen molar-refractivity contribution >= 4 is 68.5 Å². The van der Waals surface area contributed by atoms with E-state index < -0.39 is 23.5 Å². The minimum atomic E-state index is -0.928. The lowest BCUT2D eigenvalue weighted by Gasteiger charge is -2.25. The molecule has 14 heteroatoms. The number of hydrogen-bond donors (Lipinski definition) is 0. The first-order valence-electron chi connectivity index (χ1n) is 15.1. The lowest BCUT2D eigenvalue weighted by atomic mass is 9.95. The van der Waals surface area contributed by atoms with Gasteiger partial charge in [-0.3, -0.25) is 9.36 Å². The molecule has 2 heterocycles. The van der Waals surface area contributed by atoms with Crippen LogP contribution in [0.1, 0.15) is 43.5 Å². The standard InChI is InChI=1S/C35H31BrCl2N2O8S/c1-5-45-27-14-21(9-12-26(27)47-18-29(41)44-4)31-30(34(43)46-6-2)19(3)39-35-40(31)33(42)28(49-35)15-22-13-24(37)16-25(38)32(22)48-17-20-7-10-23(36)11-8-20/h7-16,31H,5-6,17-18H2,1-4H3/b28-15+/t31-/m1/s1. The monoisotopic (exact) mass is 788 g/mol. The van der Waals surface area contributed by atoms with E-state index in [0.29, 0.717) is 42.7 Å². The molecule has 5 rings (SSSR count). The number of ether oxygens (including phenoxy) is 5. The van der Waals surface area contributed by atoms with Crippen LogP contribution in [-0.4, -0.2) is 43.4 Å². The van der Waals surface area contributed by atoms with Gasteiger partial charge in [0.25, 0.3) is 5.56 Å². The van der Waals surface area contributed by atoms with Crippen molar-refractivity contribution in [3.8, 4) is 17.2 Å². The molecule has 3 aromatic carbocycles. The van der Waals surface area contributed by atoms with E-state index in [2.05, 4.69) is 25.7 Å². The molecule has 0 aliphatic carbocycles. The number of thiazole rings is 1. The average molecular weight is 791 g/mol. The van der Waals surface area contributed by atoms with Gasteiger partial charge >= 0.3 is 11.9 Å². The largest absolute Gasteiger partial charge is 0.490 e. The second kappa shape index (κ2) is 16.1. The van der Waals surface area contributed by atoms with Crippen molar-refractivity contribution in [2.45, 2.75) is 33.4 Å². The molecule has 0 saturated carbocycles. The maximum absolute atomic E-state index is 14.3. The molecular weight excluding hydrogens is 759 g/mol. The maximum atomic E-state index is 14.3. The highest BCUT2D eigenvalue weighted by Gasteiger charge is 2.34. The van der Waals surface area contributed by atoms with E-state index in [1.807, 2.05) is 24.3 Å². The van der Waals surface area contributed by atoms with Crippen molar-refractivity contribution in [1.29, 1.82) is 0 Å². The first-order chi connectivity index (χ1) is 23.5. The summed E-state index contributed by atoms with van der Waals surface area (Å²) in [4.78, 5) is 44.5. The highest BCUT2D eigenvalue weighted by molar-refractivity contribution is 9.10. The molecule has 0 saturated heterocycles. The van der Waals surface area contributed by atoms with Crippen LogP contribution >= 0.6 is 50.5 Å². The fourth-order valence-electron chi connectivity index (χ4n) is 5.10. The molecule has 0 unspecified atom stereocenters. The first-order valence-corrected chi connectivity index (χ1v) is 17.4. The number of carbonyl (C=O) groups excluding carboxylic acids is 2. The Hall–Kier alpha value is -4.10. The van der Waals surface area contributed by atoms with Crippen molar-refractivity contribution in [3.63, 3.8) is 0 Å². The third kappa shape index (κ3) is 8.21. The number of fused-ring (bicyclic) bond motifs is 1. The van der Waals surface area contributed by atoms with Crippen LogP contribution in [0.15, 0.2) is 80.1 Å². The summed E-state index contributed by atoms with van der Waals surface area (Å²) in [7, 11) is 1.26. The molecule has 1 aliphatic rings. The van der Waals surface area contributed by atoms with Crippen LogP contribution in [0.25, 0.3) is 6.08 Å². The number of aromatic nitrogens is 1. The Morgan fingerprint density at radius 1 is 1.00 bits per heavy atom. The number of halogens is 3. The molecule has 0 amide bonds. The predicted octanol–water partition coefficient (Wildman–Crippen LogP) is 6.40. The van der Waals surface area contributed by atoms with E-state index in [4.69, 9.17) is 42.1 Å². The van der Waals surface area contributed by atoms with Crippen molar-refractivity contribution in [1.82, 2.24) is 4.57 Å². The molecule has 0 radical (unpaired) electrons. The fraction of sp³-hybridized carbons (Fsp3) is 0.257. The number of carbonyl (C=O) groups is 2. The van der Waals surface area contributed by atoms with Gasteiger partial charge in [-0.15, -0.1) is 0 Å². The molecule has 0 bridgehead atoms. The molecular formula is C35H31BrCl2N2O8S. The number of allylic oxidation sites excluding steroid dienone is 1. The third-order valence-electron chi connectivity index (χ3n) is 7.29. The summed E-state index contributed by atoms with van der Waals surface area (Å²) in [6.07, 6.45) is 1.65. The SMILES string of the molecule is CCOC(=O)C1=C(C)N=c2s/c(=C/c3cc(Cl)cc(Cl)c3OCc3ccc(Br)cc3)c(=O)n2[C@@H]1c1ccc(OCC(=O)OC)c(OCC)c1. The van der Waals surface area contributed by atoms with Crippen LogP contribution in [-0.2, 0) is 25.7 Å². The van der Waals surface area contributed by atoms with Gasteiger partial charge in [-0.25, -0.2) is 14.6 Å². The maximum Gasteiger partial charge on any atom is 0.343 e. The number of hydrogen-bond acceptors (Lipinski definition) is 10. The van der Waals surface area contributed by atoms with Gasteiger partial charge in [0, 0.05) is 15.1 Å². The van der Waals surface area contributed by atoms with Crippen molar-refractivity contribution in [3.05, 3.63) is 117 Å². The summed E-state index contributed by atoms with van der Waals surface area (Å²) >= 11 is 17.6. The van der Waals surface area contributed by atoms with E-state index in [1.165, 1.54) is 11.7 Å². The van der Waals surface area contributed by atoms with Crippen molar-refractivity contribution < 1.29 is 33.3 Å². The summed E-state index contributed by atoms with van der Waals surface area (Å²) in [6.45, 7) is 5.49. The predicted molar refractivity (Wildman–Crippen MR) is 190 cm³/mol. The van der Waals surface area contributed by atoms with Gasteiger partial charge < -0.3 is 23.7 Å². The molecule has 4 aromatic rings. The average Bonchev–Trinajstić information content (AvgIpc) is 3.37. The quantitative estimate of drug-likeness (QED) is 0.152. The van der Waals surface area contributed by atoms with Gasteiger partial charge in [0.2, 0.25) is 0 Å². The van der Waals surface area contributed by atoms with Crippen LogP contribution in [0.5, 0.6) is 17.2 Å². The van der Waals surface area contributed by atoms with Gasteiger partial charge in [0.15, 0.2) is 22.9 Å². The Morgan fingerprint density at radius 3 is 2.45 bits per heavy atom. The Labute approximate surface area is 304 Å². The molecule has 10 nitrogen and oxygen atoms in total. The summed E-state index contributed by atoms with van der Waals surface area (Å²) in [5.41, 5.74) is 2.10.